The molecule has 0 N–H and O–H groups in total. The van der Waals surface area contributed by atoms with Gasteiger partial charge >= 0.3 is 0 Å². The van der Waals surface area contributed by atoms with Gasteiger partial charge in [-0.1, -0.05) is 81.0 Å². The fourth-order valence-corrected chi connectivity index (χ4v) is 3.76. The van der Waals surface area contributed by atoms with Crippen molar-refractivity contribution in [1.29, 1.82) is 0 Å². The Morgan fingerprint density at radius 1 is 1.04 bits per heavy atom. The molecule has 0 bridgehead atoms. The molecule has 0 saturated heterocycles. The van der Waals surface area contributed by atoms with Crippen LogP contribution in [0.25, 0.3) is 16.3 Å². The Balaban J connectivity index is 0.00000100. The molecular weight excluding hydrogens is 288 g/mol. The summed E-state index contributed by atoms with van der Waals surface area (Å²) in [5.74, 6) is 0.579. The molecule has 2 aromatic rings. The Morgan fingerprint density at radius 2 is 1.75 bits per heavy atom. The molecule has 1 aliphatic carbocycles. The normalized spacial score (nSPS) is 18.5. The molecule has 0 nitrogen and oxygen atoms in total. The highest BCUT2D eigenvalue weighted by Crippen LogP contribution is 2.43. The van der Waals surface area contributed by atoms with Gasteiger partial charge in [0.2, 0.25) is 0 Å². The van der Waals surface area contributed by atoms with Crippen LogP contribution in [0.3, 0.4) is 0 Å². The van der Waals surface area contributed by atoms with E-state index in [0.717, 1.165) is 6.42 Å². The first-order chi connectivity index (χ1) is 11.6. The van der Waals surface area contributed by atoms with Crippen molar-refractivity contribution >= 4 is 16.3 Å². The van der Waals surface area contributed by atoms with E-state index in [2.05, 4.69) is 82.3 Å². The van der Waals surface area contributed by atoms with Crippen LogP contribution in [0.4, 0.5) is 0 Å². The minimum absolute atomic E-state index is 0.579. The third kappa shape index (κ3) is 3.38. The highest BCUT2D eigenvalue weighted by molar-refractivity contribution is 6.00. The van der Waals surface area contributed by atoms with Gasteiger partial charge < -0.3 is 0 Å². The summed E-state index contributed by atoms with van der Waals surface area (Å²) < 4.78 is 0. The second-order valence-electron chi connectivity index (χ2n) is 6.45. The summed E-state index contributed by atoms with van der Waals surface area (Å²) in [7, 11) is 0. The maximum absolute atomic E-state index is 2.35. The third-order valence-electron chi connectivity index (χ3n) is 4.59. The largest absolute Gasteiger partial charge is 0.0876 e. The lowest BCUT2D eigenvalue weighted by molar-refractivity contribution is 0.676. The predicted octanol–water partition coefficient (Wildman–Crippen LogP) is 7.35. The first-order valence-corrected chi connectivity index (χ1v) is 9.15. The van der Waals surface area contributed by atoms with Crippen LogP contribution in [-0.4, -0.2) is 0 Å². The maximum atomic E-state index is 2.35. The molecule has 1 unspecified atom stereocenters. The van der Waals surface area contributed by atoms with E-state index < -0.39 is 0 Å². The Morgan fingerprint density at radius 3 is 2.42 bits per heavy atom. The molecule has 1 atom stereocenters. The first kappa shape index (κ1) is 18.3. The zero-order valence-electron chi connectivity index (χ0n) is 16.0. The Kier molecular flexibility index (Phi) is 6.20. The van der Waals surface area contributed by atoms with E-state index in [0.29, 0.717) is 5.92 Å². The van der Waals surface area contributed by atoms with Gasteiger partial charge in [0, 0.05) is 0 Å². The van der Waals surface area contributed by atoms with Crippen LogP contribution < -0.4 is 0 Å². The van der Waals surface area contributed by atoms with Gasteiger partial charge in [-0.15, -0.1) is 0 Å². The number of benzene rings is 2. The second kappa shape index (κ2) is 8.15. The summed E-state index contributed by atoms with van der Waals surface area (Å²) in [6.45, 7) is 12.9. The molecule has 3 rings (SSSR count). The number of allylic oxidation sites excluding steroid dienone is 6. The van der Waals surface area contributed by atoms with Crippen LogP contribution in [0.5, 0.6) is 0 Å². The van der Waals surface area contributed by atoms with Crippen LogP contribution >= 0.6 is 0 Å². The fourth-order valence-electron chi connectivity index (χ4n) is 3.76. The van der Waals surface area contributed by atoms with E-state index >= 15 is 0 Å². The van der Waals surface area contributed by atoms with Crippen molar-refractivity contribution in [2.24, 2.45) is 5.92 Å². The smallest absolute Gasteiger partial charge is 0.00702 e. The van der Waals surface area contributed by atoms with Gasteiger partial charge in [-0.05, 0) is 66.2 Å². The quantitative estimate of drug-likeness (QED) is 0.515. The van der Waals surface area contributed by atoms with Crippen molar-refractivity contribution in [2.45, 2.75) is 48.0 Å². The van der Waals surface area contributed by atoms with E-state index in [1.807, 2.05) is 13.8 Å². The van der Waals surface area contributed by atoms with Gasteiger partial charge in [-0.2, -0.15) is 0 Å². The van der Waals surface area contributed by atoms with Crippen LogP contribution in [0.1, 0.15) is 52.7 Å². The van der Waals surface area contributed by atoms with Gasteiger partial charge in [-0.3, -0.25) is 0 Å². The van der Waals surface area contributed by atoms with Crippen molar-refractivity contribution in [3.05, 3.63) is 76.9 Å². The number of hydrogen-bond donors (Lipinski definition) is 0. The molecule has 24 heavy (non-hydrogen) atoms. The van der Waals surface area contributed by atoms with E-state index in [1.165, 1.54) is 38.6 Å². The molecule has 0 heteroatoms. The summed E-state index contributed by atoms with van der Waals surface area (Å²) in [5.41, 5.74) is 7.27. The fraction of sp³-hybridized carbons (Fsp3) is 0.333. The predicted molar refractivity (Wildman–Crippen MR) is 109 cm³/mol. The second-order valence-corrected chi connectivity index (χ2v) is 6.45. The molecule has 126 valence electrons. The lowest BCUT2D eigenvalue weighted by Gasteiger charge is -2.30. The maximum Gasteiger partial charge on any atom is -0.00702 e. The molecule has 0 spiro atoms. The van der Waals surface area contributed by atoms with E-state index in [4.69, 9.17) is 0 Å². The van der Waals surface area contributed by atoms with Gasteiger partial charge in [0.1, 0.15) is 0 Å². The van der Waals surface area contributed by atoms with Crippen molar-refractivity contribution in [3.63, 3.8) is 0 Å². The van der Waals surface area contributed by atoms with Gasteiger partial charge in [0.15, 0.2) is 0 Å². The zero-order valence-corrected chi connectivity index (χ0v) is 16.0. The highest BCUT2D eigenvalue weighted by Gasteiger charge is 2.26. The summed E-state index contributed by atoms with van der Waals surface area (Å²) in [6, 6.07) is 13.3. The zero-order chi connectivity index (χ0) is 17.7. The van der Waals surface area contributed by atoms with Gasteiger partial charge in [0.05, 0.1) is 0 Å². The standard InChI is InChI=1S/C22H24.C2H6/c1-5-6-10-20-21(15(2)3)16(4)14-18-13-12-17-9-7-8-11-19(17)22(18)20;1-2/h5-13,16H,14H2,1-4H3;1-2H3/b6-5-,20-10+;. The SMILES string of the molecule is C/C=C\C=C1/C(=C(C)C)C(C)Cc2ccc3ccccc3c21.CC. The van der Waals surface area contributed by atoms with Gasteiger partial charge in [0.25, 0.3) is 0 Å². The van der Waals surface area contributed by atoms with Crippen molar-refractivity contribution in [3.8, 4) is 0 Å². The lowest BCUT2D eigenvalue weighted by atomic mass is 9.74. The number of rotatable bonds is 1. The molecule has 1 aliphatic rings. The summed E-state index contributed by atoms with van der Waals surface area (Å²) in [6.07, 6.45) is 7.71. The Labute approximate surface area is 147 Å². The first-order valence-electron chi connectivity index (χ1n) is 9.15. The average Bonchev–Trinajstić information content (AvgIpc) is 2.60. The molecule has 0 heterocycles. The monoisotopic (exact) mass is 318 g/mol. The number of fused-ring (bicyclic) bond motifs is 3. The molecule has 2 aromatic carbocycles. The van der Waals surface area contributed by atoms with Crippen molar-refractivity contribution in [1.82, 2.24) is 0 Å². The molecular formula is C24H30. The average molecular weight is 319 g/mol. The minimum atomic E-state index is 0.579. The molecule has 0 aromatic heterocycles. The van der Waals surface area contributed by atoms with Crippen molar-refractivity contribution < 1.29 is 0 Å². The molecule has 0 radical (unpaired) electrons. The Hall–Kier alpha value is -2.08. The third-order valence-corrected chi connectivity index (χ3v) is 4.59. The van der Waals surface area contributed by atoms with E-state index in [9.17, 15) is 0 Å². The minimum Gasteiger partial charge on any atom is -0.0876 e. The van der Waals surface area contributed by atoms with Crippen LogP contribution in [0, 0.1) is 5.92 Å². The molecule has 0 fully saturated rings. The molecule has 0 amide bonds. The lowest BCUT2D eigenvalue weighted by Crippen LogP contribution is -2.15. The summed E-state index contributed by atoms with van der Waals surface area (Å²) in [4.78, 5) is 0. The van der Waals surface area contributed by atoms with Crippen LogP contribution in [0.15, 0.2) is 65.8 Å². The van der Waals surface area contributed by atoms with Crippen LogP contribution in [-0.2, 0) is 6.42 Å². The van der Waals surface area contributed by atoms with E-state index in [1.54, 1.807) is 0 Å². The Bertz CT molecular complexity index is 796. The highest BCUT2D eigenvalue weighted by atomic mass is 14.3. The summed E-state index contributed by atoms with van der Waals surface area (Å²) >= 11 is 0. The number of hydrogen-bond acceptors (Lipinski definition) is 0. The summed E-state index contributed by atoms with van der Waals surface area (Å²) in [5, 5.41) is 2.71. The van der Waals surface area contributed by atoms with Gasteiger partial charge in [-0.25, -0.2) is 0 Å². The molecule has 0 saturated carbocycles. The van der Waals surface area contributed by atoms with E-state index in [-0.39, 0.29) is 0 Å². The van der Waals surface area contributed by atoms with Crippen LogP contribution in [0.2, 0.25) is 0 Å². The van der Waals surface area contributed by atoms with Crippen molar-refractivity contribution in [2.75, 3.05) is 0 Å². The molecule has 0 aliphatic heterocycles. The topological polar surface area (TPSA) is 0 Å².